The molecule has 26 heavy (non-hydrogen) atoms. The van der Waals surface area contributed by atoms with Crippen molar-refractivity contribution in [1.29, 1.82) is 0 Å². The third-order valence-corrected chi connectivity index (χ3v) is 3.58. The fourth-order valence-corrected chi connectivity index (χ4v) is 2.43. The van der Waals surface area contributed by atoms with E-state index in [9.17, 15) is 35.9 Å². The Balaban J connectivity index is 2.17. The highest BCUT2D eigenvalue weighted by Crippen LogP contribution is 2.41. The summed E-state index contributed by atoms with van der Waals surface area (Å²) in [6, 6.07) is 4.74. The molecule has 0 N–H and O–H groups in total. The Morgan fingerprint density at radius 3 is 2.12 bits per heavy atom. The molecule has 0 radical (unpaired) electrons. The van der Waals surface area contributed by atoms with Gasteiger partial charge in [0.1, 0.15) is 11.3 Å². The molecule has 0 bridgehead atoms. The summed E-state index contributed by atoms with van der Waals surface area (Å²) in [6.45, 7) is 0. The van der Waals surface area contributed by atoms with Crippen molar-refractivity contribution in [3.63, 3.8) is 0 Å². The van der Waals surface area contributed by atoms with Gasteiger partial charge >= 0.3 is 12.4 Å². The number of halogens is 6. The zero-order valence-corrected chi connectivity index (χ0v) is 12.5. The number of rotatable bonds is 2. The van der Waals surface area contributed by atoms with Gasteiger partial charge in [-0.2, -0.15) is 26.3 Å². The maximum Gasteiger partial charge on any atom is 0.421 e. The maximum absolute atomic E-state index is 13.0. The Labute approximate surface area is 141 Å². The van der Waals surface area contributed by atoms with E-state index in [0.717, 1.165) is 6.07 Å². The number of imide groups is 1. The molecule has 2 amide bonds. The number of carbonyl (C=O) groups is 2. The summed E-state index contributed by atoms with van der Waals surface area (Å²) in [7, 11) is 0. The number of anilines is 1. The van der Waals surface area contributed by atoms with Gasteiger partial charge in [0.15, 0.2) is 0 Å². The molecule has 4 nitrogen and oxygen atoms in total. The minimum absolute atomic E-state index is 0.0187. The van der Waals surface area contributed by atoms with Gasteiger partial charge in [0.05, 0.1) is 17.5 Å². The molecule has 0 spiro atoms. The van der Waals surface area contributed by atoms with E-state index in [2.05, 4.69) is 0 Å². The van der Waals surface area contributed by atoms with Crippen molar-refractivity contribution in [2.75, 3.05) is 4.90 Å². The highest BCUT2D eigenvalue weighted by atomic mass is 19.4. The molecule has 3 rings (SSSR count). The maximum atomic E-state index is 13.0. The lowest BCUT2D eigenvalue weighted by molar-refractivity contribution is -0.138. The first-order valence-corrected chi connectivity index (χ1v) is 6.92. The van der Waals surface area contributed by atoms with Gasteiger partial charge in [-0.1, -0.05) is 0 Å². The Morgan fingerprint density at radius 1 is 0.923 bits per heavy atom. The van der Waals surface area contributed by atoms with Crippen molar-refractivity contribution in [2.24, 2.45) is 0 Å². The third-order valence-electron chi connectivity index (χ3n) is 3.58. The van der Waals surface area contributed by atoms with Crippen LogP contribution < -0.4 is 4.90 Å². The number of benzene rings is 1. The lowest BCUT2D eigenvalue weighted by atomic mass is 10.1. The summed E-state index contributed by atoms with van der Waals surface area (Å²) in [4.78, 5) is 24.0. The van der Waals surface area contributed by atoms with Crippen LogP contribution >= 0.6 is 0 Å². The van der Waals surface area contributed by atoms with Crippen molar-refractivity contribution in [2.45, 2.75) is 12.4 Å². The minimum atomic E-state index is -5.12. The molecule has 0 aliphatic carbocycles. The number of alkyl halides is 6. The molecular formula is C16H7F6NO3. The summed E-state index contributed by atoms with van der Waals surface area (Å²) >= 11 is 0. The average molecular weight is 375 g/mol. The van der Waals surface area contributed by atoms with Crippen molar-refractivity contribution >= 4 is 17.5 Å². The van der Waals surface area contributed by atoms with Crippen molar-refractivity contribution in [1.82, 2.24) is 0 Å². The second-order valence-corrected chi connectivity index (χ2v) is 5.24. The number of carbonyl (C=O) groups excluding carboxylic acids is 2. The average Bonchev–Trinajstić information content (AvgIpc) is 3.13. The molecule has 0 saturated heterocycles. The van der Waals surface area contributed by atoms with Crippen LogP contribution in [-0.2, 0) is 15.8 Å². The molecule has 0 atom stereocenters. The van der Waals surface area contributed by atoms with Crippen LogP contribution in [0, 0.1) is 0 Å². The summed E-state index contributed by atoms with van der Waals surface area (Å²) in [5.41, 5.74) is -3.78. The molecular weight excluding hydrogens is 368 g/mol. The fraction of sp³-hybridized carbons (Fsp3) is 0.125. The van der Waals surface area contributed by atoms with Gasteiger partial charge in [0, 0.05) is 11.6 Å². The molecule has 2 aromatic rings. The Hall–Kier alpha value is -3.04. The molecule has 1 aromatic carbocycles. The second-order valence-electron chi connectivity index (χ2n) is 5.24. The fourth-order valence-electron chi connectivity index (χ4n) is 2.43. The smallest absolute Gasteiger partial charge is 0.421 e. The Bertz CT molecular complexity index is 909. The van der Waals surface area contributed by atoms with Gasteiger partial charge < -0.3 is 4.42 Å². The van der Waals surface area contributed by atoms with Crippen LogP contribution in [0.1, 0.15) is 5.56 Å². The van der Waals surface area contributed by atoms with Gasteiger partial charge in [0.25, 0.3) is 11.8 Å². The van der Waals surface area contributed by atoms with Crippen LogP contribution in [0.3, 0.4) is 0 Å². The quantitative estimate of drug-likeness (QED) is 0.580. The molecule has 0 saturated carbocycles. The Kier molecular flexibility index (Phi) is 3.93. The van der Waals surface area contributed by atoms with E-state index < -0.39 is 41.0 Å². The predicted octanol–water partition coefficient (Wildman–Crippen LogP) is 4.33. The molecule has 1 aromatic heterocycles. The van der Waals surface area contributed by atoms with Crippen molar-refractivity contribution in [3.05, 3.63) is 53.8 Å². The third kappa shape index (κ3) is 2.98. The van der Waals surface area contributed by atoms with Crippen LogP contribution in [0.5, 0.6) is 0 Å². The van der Waals surface area contributed by atoms with E-state index in [-0.39, 0.29) is 22.3 Å². The number of amides is 2. The highest BCUT2D eigenvalue weighted by Gasteiger charge is 2.48. The van der Waals surface area contributed by atoms with E-state index >= 15 is 0 Å². The summed E-state index contributed by atoms with van der Waals surface area (Å²) in [5, 5.41) is 0. The van der Waals surface area contributed by atoms with Gasteiger partial charge in [-0.25, -0.2) is 4.90 Å². The summed E-state index contributed by atoms with van der Waals surface area (Å²) < 4.78 is 82.5. The van der Waals surface area contributed by atoms with Crippen molar-refractivity contribution < 1.29 is 40.3 Å². The summed E-state index contributed by atoms with van der Waals surface area (Å²) in [5.74, 6) is -3.17. The number of furan rings is 1. The van der Waals surface area contributed by atoms with Crippen LogP contribution in [0.15, 0.2) is 52.7 Å². The van der Waals surface area contributed by atoms with Gasteiger partial charge in [-0.05, 0) is 30.3 Å². The van der Waals surface area contributed by atoms with Gasteiger partial charge in [-0.15, -0.1) is 0 Å². The van der Waals surface area contributed by atoms with E-state index in [1.807, 2.05) is 0 Å². The predicted molar refractivity (Wildman–Crippen MR) is 75.8 cm³/mol. The monoisotopic (exact) mass is 375 g/mol. The van der Waals surface area contributed by atoms with E-state index in [0.29, 0.717) is 12.1 Å². The topological polar surface area (TPSA) is 50.5 Å². The molecule has 10 heteroatoms. The molecule has 1 aliphatic heterocycles. The first-order valence-electron chi connectivity index (χ1n) is 6.92. The molecule has 0 unspecified atom stereocenters. The zero-order valence-electron chi connectivity index (χ0n) is 12.5. The van der Waals surface area contributed by atoms with Gasteiger partial charge in [-0.3, -0.25) is 9.59 Å². The first-order chi connectivity index (χ1) is 12.0. The summed E-state index contributed by atoms with van der Waals surface area (Å²) in [6.07, 6.45) is -8.71. The van der Waals surface area contributed by atoms with Crippen LogP contribution in [0.25, 0.3) is 11.3 Å². The van der Waals surface area contributed by atoms with E-state index in [1.54, 1.807) is 0 Å². The number of hydrogen-bond donors (Lipinski definition) is 0. The molecule has 136 valence electrons. The largest absolute Gasteiger partial charge is 0.464 e. The second kappa shape index (κ2) is 5.75. The zero-order chi connectivity index (χ0) is 19.3. The lowest BCUT2D eigenvalue weighted by Crippen LogP contribution is -2.34. The molecule has 1 aliphatic rings. The van der Waals surface area contributed by atoms with Crippen molar-refractivity contribution in [3.8, 4) is 11.3 Å². The van der Waals surface area contributed by atoms with Crippen LogP contribution in [0.2, 0.25) is 0 Å². The van der Waals surface area contributed by atoms with Crippen LogP contribution in [-0.4, -0.2) is 18.0 Å². The normalized spacial score (nSPS) is 15.6. The standard InChI is InChI=1S/C16H7F6NO3/c17-15(18,19)8-3-4-9(12-2-1-5-26-12)11(6-8)23-13(24)7-10(14(23)25)16(20,21)22/h1-7H. The Morgan fingerprint density at radius 2 is 1.62 bits per heavy atom. The first kappa shape index (κ1) is 17.8. The van der Waals surface area contributed by atoms with E-state index in [1.165, 1.54) is 18.4 Å². The minimum Gasteiger partial charge on any atom is -0.464 e. The number of nitrogens with zero attached hydrogens (tertiary/aromatic N) is 1. The van der Waals surface area contributed by atoms with Gasteiger partial charge in [0.2, 0.25) is 0 Å². The molecule has 2 heterocycles. The van der Waals surface area contributed by atoms with E-state index in [4.69, 9.17) is 4.42 Å². The van der Waals surface area contributed by atoms with Crippen LogP contribution in [0.4, 0.5) is 32.0 Å². The molecule has 0 fully saturated rings. The highest BCUT2D eigenvalue weighted by molar-refractivity contribution is 6.31. The lowest BCUT2D eigenvalue weighted by Gasteiger charge is -2.20. The SMILES string of the molecule is O=C1C=C(C(F)(F)F)C(=O)N1c1cc(C(F)(F)F)ccc1-c1ccco1. The number of hydrogen-bond acceptors (Lipinski definition) is 3.